The van der Waals surface area contributed by atoms with Crippen LogP contribution in [0.3, 0.4) is 0 Å². The maximum Gasteiger partial charge on any atom is 0.339 e. The number of halogens is 1. The Bertz CT molecular complexity index is 686. The molecular formula is C14H11FN2O3. The number of nitrogens with zero attached hydrogens (tertiary/aromatic N) is 1. The summed E-state index contributed by atoms with van der Waals surface area (Å²) in [5.41, 5.74) is 0.582. The fourth-order valence-corrected chi connectivity index (χ4v) is 1.69. The Kier molecular flexibility index (Phi) is 3.74. The van der Waals surface area contributed by atoms with Gasteiger partial charge in [-0.1, -0.05) is 6.07 Å². The molecule has 6 heteroatoms. The van der Waals surface area contributed by atoms with Crippen molar-refractivity contribution in [2.45, 2.75) is 6.92 Å². The molecule has 2 aromatic rings. The molecule has 20 heavy (non-hydrogen) atoms. The van der Waals surface area contributed by atoms with Crippen molar-refractivity contribution in [2.24, 2.45) is 0 Å². The van der Waals surface area contributed by atoms with E-state index in [2.05, 4.69) is 10.3 Å². The van der Waals surface area contributed by atoms with Crippen molar-refractivity contribution >= 4 is 17.7 Å². The van der Waals surface area contributed by atoms with Gasteiger partial charge in [-0.2, -0.15) is 0 Å². The summed E-state index contributed by atoms with van der Waals surface area (Å²) in [6, 6.07) is 6.58. The molecule has 0 atom stereocenters. The minimum Gasteiger partial charge on any atom is -0.478 e. The van der Waals surface area contributed by atoms with Gasteiger partial charge in [-0.15, -0.1) is 0 Å². The average molecular weight is 274 g/mol. The molecule has 1 heterocycles. The normalized spacial score (nSPS) is 10.1. The van der Waals surface area contributed by atoms with Crippen LogP contribution in [0.2, 0.25) is 0 Å². The molecule has 0 aliphatic carbocycles. The minimum absolute atomic E-state index is 0.0753. The molecule has 0 aliphatic heterocycles. The van der Waals surface area contributed by atoms with Crippen LogP contribution in [0.4, 0.5) is 10.2 Å². The number of carbonyl (C=O) groups excluding carboxylic acids is 1. The van der Waals surface area contributed by atoms with E-state index in [0.717, 1.165) is 6.07 Å². The second-order valence-electron chi connectivity index (χ2n) is 4.12. The minimum atomic E-state index is -1.20. The van der Waals surface area contributed by atoms with Gasteiger partial charge in [0, 0.05) is 11.8 Å². The molecule has 0 aliphatic rings. The number of carboxylic acid groups (broad SMARTS) is 1. The van der Waals surface area contributed by atoms with Crippen LogP contribution in [-0.4, -0.2) is 22.0 Å². The number of aromatic nitrogens is 1. The van der Waals surface area contributed by atoms with Gasteiger partial charge >= 0.3 is 5.97 Å². The lowest BCUT2D eigenvalue weighted by atomic mass is 10.1. The van der Waals surface area contributed by atoms with Gasteiger partial charge in [0.15, 0.2) is 0 Å². The van der Waals surface area contributed by atoms with Crippen molar-refractivity contribution < 1.29 is 19.1 Å². The van der Waals surface area contributed by atoms with Crippen molar-refractivity contribution in [3.05, 3.63) is 59.0 Å². The van der Waals surface area contributed by atoms with Crippen LogP contribution < -0.4 is 5.32 Å². The van der Waals surface area contributed by atoms with Gasteiger partial charge < -0.3 is 10.4 Å². The Morgan fingerprint density at radius 1 is 1.25 bits per heavy atom. The second-order valence-corrected chi connectivity index (χ2v) is 4.12. The lowest BCUT2D eigenvalue weighted by Crippen LogP contribution is -2.17. The van der Waals surface area contributed by atoms with Gasteiger partial charge in [-0.3, -0.25) is 4.79 Å². The molecule has 102 valence electrons. The predicted octanol–water partition coefficient (Wildman–Crippen LogP) is 2.48. The Morgan fingerprint density at radius 3 is 2.70 bits per heavy atom. The van der Waals surface area contributed by atoms with Crippen molar-refractivity contribution in [1.29, 1.82) is 0 Å². The third-order valence-corrected chi connectivity index (χ3v) is 2.71. The standard InChI is InChI=1S/C14H11FN2O3/c1-8-4-5-9(15)7-11(8)13(18)17-12-10(14(19)20)3-2-6-16-12/h2-7H,1H3,(H,19,20)(H,16,17,18). The van der Waals surface area contributed by atoms with Crippen LogP contribution in [0.25, 0.3) is 0 Å². The van der Waals surface area contributed by atoms with E-state index in [4.69, 9.17) is 5.11 Å². The summed E-state index contributed by atoms with van der Waals surface area (Å²) in [5.74, 6) is -2.43. The zero-order valence-corrected chi connectivity index (χ0v) is 10.6. The van der Waals surface area contributed by atoms with Crippen molar-refractivity contribution in [2.75, 3.05) is 5.32 Å². The van der Waals surface area contributed by atoms with Crippen molar-refractivity contribution in [1.82, 2.24) is 4.98 Å². The van der Waals surface area contributed by atoms with Gasteiger partial charge in [0.05, 0.1) is 0 Å². The van der Waals surface area contributed by atoms with E-state index in [0.29, 0.717) is 5.56 Å². The molecule has 0 unspecified atom stereocenters. The number of pyridine rings is 1. The zero-order chi connectivity index (χ0) is 14.7. The molecule has 0 saturated heterocycles. The van der Waals surface area contributed by atoms with E-state index in [1.807, 2.05) is 0 Å². The molecule has 0 bridgehead atoms. The number of aryl methyl sites for hydroxylation is 1. The van der Waals surface area contributed by atoms with E-state index in [1.54, 1.807) is 6.92 Å². The molecule has 1 aromatic heterocycles. The molecule has 1 aromatic carbocycles. The number of hydrogen-bond donors (Lipinski definition) is 2. The molecule has 0 radical (unpaired) electrons. The number of benzene rings is 1. The summed E-state index contributed by atoms with van der Waals surface area (Å²) < 4.78 is 13.2. The first-order valence-corrected chi connectivity index (χ1v) is 5.75. The quantitative estimate of drug-likeness (QED) is 0.901. The Morgan fingerprint density at radius 2 is 2.00 bits per heavy atom. The van der Waals surface area contributed by atoms with Crippen LogP contribution in [0.15, 0.2) is 36.5 Å². The highest BCUT2D eigenvalue weighted by atomic mass is 19.1. The first-order valence-electron chi connectivity index (χ1n) is 5.75. The molecule has 2 rings (SSSR count). The topological polar surface area (TPSA) is 79.3 Å². The highest BCUT2D eigenvalue weighted by Crippen LogP contribution is 2.15. The summed E-state index contributed by atoms with van der Waals surface area (Å²) in [5, 5.41) is 11.4. The molecule has 5 nitrogen and oxygen atoms in total. The molecular weight excluding hydrogens is 263 g/mol. The van der Waals surface area contributed by atoms with Crippen molar-refractivity contribution in [3.63, 3.8) is 0 Å². The van der Waals surface area contributed by atoms with Gasteiger partial charge in [-0.05, 0) is 36.8 Å². The van der Waals surface area contributed by atoms with Crippen LogP contribution in [0.1, 0.15) is 26.3 Å². The maximum absolute atomic E-state index is 13.2. The fraction of sp³-hybridized carbons (Fsp3) is 0.0714. The first-order chi connectivity index (χ1) is 9.49. The SMILES string of the molecule is Cc1ccc(F)cc1C(=O)Nc1ncccc1C(=O)O. The van der Waals surface area contributed by atoms with Crippen LogP contribution in [0.5, 0.6) is 0 Å². The zero-order valence-electron chi connectivity index (χ0n) is 10.6. The van der Waals surface area contributed by atoms with Gasteiger partial charge in [-0.25, -0.2) is 14.2 Å². The number of rotatable bonds is 3. The highest BCUT2D eigenvalue weighted by molar-refractivity contribution is 6.07. The monoisotopic (exact) mass is 274 g/mol. The Hall–Kier alpha value is -2.76. The third-order valence-electron chi connectivity index (χ3n) is 2.71. The van der Waals surface area contributed by atoms with Gasteiger partial charge in [0.2, 0.25) is 0 Å². The number of carbonyl (C=O) groups is 2. The van der Waals surface area contributed by atoms with Crippen LogP contribution >= 0.6 is 0 Å². The van der Waals surface area contributed by atoms with Crippen LogP contribution in [0, 0.1) is 12.7 Å². The third kappa shape index (κ3) is 2.80. The Balaban J connectivity index is 2.33. The predicted molar refractivity (Wildman–Crippen MR) is 70.3 cm³/mol. The lowest BCUT2D eigenvalue weighted by molar-refractivity contribution is 0.0697. The molecule has 0 saturated carbocycles. The van der Waals surface area contributed by atoms with Crippen molar-refractivity contribution in [3.8, 4) is 0 Å². The van der Waals surface area contributed by atoms with E-state index < -0.39 is 17.7 Å². The Labute approximate surface area is 114 Å². The molecule has 0 fully saturated rings. The van der Waals surface area contributed by atoms with Gasteiger partial charge in [0.25, 0.3) is 5.91 Å². The summed E-state index contributed by atoms with van der Waals surface area (Å²) in [4.78, 5) is 26.9. The largest absolute Gasteiger partial charge is 0.478 e. The number of carboxylic acids is 1. The summed E-state index contributed by atoms with van der Waals surface area (Å²) in [6.45, 7) is 1.66. The number of aromatic carboxylic acids is 1. The first kappa shape index (κ1) is 13.7. The number of nitrogens with one attached hydrogen (secondary N) is 1. The summed E-state index contributed by atoms with van der Waals surface area (Å²) in [6.07, 6.45) is 1.36. The maximum atomic E-state index is 13.2. The molecule has 2 N–H and O–H groups in total. The summed E-state index contributed by atoms with van der Waals surface area (Å²) >= 11 is 0. The fourth-order valence-electron chi connectivity index (χ4n) is 1.69. The summed E-state index contributed by atoms with van der Waals surface area (Å²) in [7, 11) is 0. The van der Waals surface area contributed by atoms with E-state index in [1.165, 1.54) is 30.5 Å². The van der Waals surface area contributed by atoms with Crippen LogP contribution in [-0.2, 0) is 0 Å². The molecule has 1 amide bonds. The highest BCUT2D eigenvalue weighted by Gasteiger charge is 2.16. The number of anilines is 1. The second kappa shape index (κ2) is 5.48. The number of amides is 1. The van der Waals surface area contributed by atoms with E-state index in [9.17, 15) is 14.0 Å². The average Bonchev–Trinajstić information content (AvgIpc) is 2.41. The molecule has 0 spiro atoms. The lowest BCUT2D eigenvalue weighted by Gasteiger charge is -2.09. The van der Waals surface area contributed by atoms with E-state index in [-0.39, 0.29) is 16.9 Å². The van der Waals surface area contributed by atoms with Gasteiger partial charge in [0.1, 0.15) is 17.2 Å². The van der Waals surface area contributed by atoms with E-state index >= 15 is 0 Å². The number of hydrogen-bond acceptors (Lipinski definition) is 3. The smallest absolute Gasteiger partial charge is 0.339 e.